The fourth-order valence-electron chi connectivity index (χ4n) is 1.24. The highest BCUT2D eigenvalue weighted by atomic mass is 32.2. The third-order valence-electron chi connectivity index (χ3n) is 2.32. The molecule has 0 aliphatic carbocycles. The molecule has 0 amide bonds. The van der Waals surface area contributed by atoms with Crippen LogP contribution < -0.4 is 10.9 Å². The molecule has 0 unspecified atom stereocenters. The van der Waals surface area contributed by atoms with Crippen LogP contribution in [0.25, 0.3) is 0 Å². The molecular weight excluding hydrogens is 300 g/mol. The van der Waals surface area contributed by atoms with Gasteiger partial charge >= 0.3 is 11.9 Å². The van der Waals surface area contributed by atoms with E-state index in [1.807, 2.05) is 6.92 Å². The van der Waals surface area contributed by atoms with Crippen molar-refractivity contribution in [3.63, 3.8) is 0 Å². The monoisotopic (exact) mass is 318 g/mol. The molecule has 0 spiro atoms. The molecule has 0 aliphatic heterocycles. The summed E-state index contributed by atoms with van der Waals surface area (Å²) < 4.78 is 21.9. The summed E-state index contributed by atoms with van der Waals surface area (Å²) in [6.45, 7) is 1.94. The molecule has 1 atom stereocenters. The van der Waals surface area contributed by atoms with Crippen molar-refractivity contribution in [2.75, 3.05) is 0 Å². The van der Waals surface area contributed by atoms with Gasteiger partial charge in [0.1, 0.15) is 0 Å². The van der Waals surface area contributed by atoms with Crippen LogP contribution in [0.1, 0.15) is 18.9 Å². The zero-order chi connectivity index (χ0) is 16.6. The van der Waals surface area contributed by atoms with Crippen LogP contribution in [0.4, 0.5) is 0 Å². The van der Waals surface area contributed by atoms with Gasteiger partial charge in [-0.05, 0) is 37.5 Å². The third-order valence-corrected chi connectivity index (χ3v) is 3.25. The molecule has 0 aromatic heterocycles. The van der Waals surface area contributed by atoms with Crippen LogP contribution in [-0.2, 0) is 26.0 Å². The van der Waals surface area contributed by atoms with Crippen molar-refractivity contribution >= 4 is 22.0 Å². The number of hydrogen-bond acceptors (Lipinski definition) is 5. The first kappa shape index (κ1) is 19.0. The summed E-state index contributed by atoms with van der Waals surface area (Å²) in [6.07, 6.45) is 1.73. The average molecular weight is 318 g/mol. The van der Waals surface area contributed by atoms with Crippen LogP contribution in [-0.4, -0.2) is 36.6 Å². The van der Waals surface area contributed by atoms with E-state index in [4.69, 9.17) is 30.7 Å². The first-order valence-electron chi connectivity index (χ1n) is 5.87. The van der Waals surface area contributed by atoms with Crippen molar-refractivity contribution in [2.45, 2.75) is 30.7 Å². The van der Waals surface area contributed by atoms with Crippen molar-refractivity contribution in [3.05, 3.63) is 29.8 Å². The lowest BCUT2D eigenvalue weighted by molar-refractivity contribution is -0.159. The Morgan fingerprint density at radius 1 is 1.14 bits per heavy atom. The summed E-state index contributed by atoms with van der Waals surface area (Å²) in [6, 6.07) is 6.73. The molecule has 1 aromatic carbocycles. The van der Waals surface area contributed by atoms with Crippen molar-refractivity contribution < 1.29 is 28.2 Å². The molecule has 0 heterocycles. The molecule has 6 N–H and O–H groups in total. The number of aryl methyl sites for hydroxylation is 1. The SMILES string of the molecule is C[C@H](N)CCc1ccc(S(N)(=O)=O)cc1.O=C(O)C(=O)O. The van der Waals surface area contributed by atoms with E-state index in [-0.39, 0.29) is 10.9 Å². The van der Waals surface area contributed by atoms with Gasteiger partial charge in [-0.2, -0.15) is 0 Å². The van der Waals surface area contributed by atoms with E-state index in [1.54, 1.807) is 12.1 Å². The van der Waals surface area contributed by atoms with Gasteiger partial charge in [0.15, 0.2) is 0 Å². The first-order chi connectivity index (χ1) is 9.54. The Morgan fingerprint density at radius 2 is 1.57 bits per heavy atom. The van der Waals surface area contributed by atoms with Crippen LogP contribution >= 0.6 is 0 Å². The fourth-order valence-corrected chi connectivity index (χ4v) is 1.76. The number of primary sulfonamides is 1. The molecule has 1 aromatic rings. The lowest BCUT2D eigenvalue weighted by atomic mass is 10.1. The topological polar surface area (TPSA) is 161 Å². The van der Waals surface area contributed by atoms with Crippen LogP contribution in [0.5, 0.6) is 0 Å². The predicted octanol–water partition coefficient (Wildman–Crippen LogP) is -0.231. The van der Waals surface area contributed by atoms with Crippen molar-refractivity contribution in [1.82, 2.24) is 0 Å². The summed E-state index contributed by atoms with van der Waals surface area (Å²) in [5.41, 5.74) is 6.69. The second-order valence-electron chi connectivity index (χ2n) is 4.32. The maximum Gasteiger partial charge on any atom is 0.414 e. The lowest BCUT2D eigenvalue weighted by Crippen LogP contribution is -2.15. The zero-order valence-corrected chi connectivity index (χ0v) is 12.2. The minimum atomic E-state index is -3.58. The van der Waals surface area contributed by atoms with E-state index >= 15 is 0 Å². The number of aliphatic carboxylic acids is 2. The number of benzene rings is 1. The fraction of sp³-hybridized carbons (Fsp3) is 0.333. The van der Waals surface area contributed by atoms with E-state index in [1.165, 1.54) is 12.1 Å². The number of sulfonamides is 1. The van der Waals surface area contributed by atoms with Crippen molar-refractivity contribution in [2.24, 2.45) is 10.9 Å². The van der Waals surface area contributed by atoms with Crippen LogP contribution in [0, 0.1) is 0 Å². The van der Waals surface area contributed by atoms with Gasteiger partial charge in [0, 0.05) is 6.04 Å². The van der Waals surface area contributed by atoms with E-state index in [9.17, 15) is 8.42 Å². The normalized spacial score (nSPS) is 12.0. The van der Waals surface area contributed by atoms with Gasteiger partial charge in [-0.15, -0.1) is 0 Å². The smallest absolute Gasteiger partial charge is 0.414 e. The van der Waals surface area contributed by atoms with Crippen LogP contribution in [0.3, 0.4) is 0 Å². The summed E-state index contributed by atoms with van der Waals surface area (Å²) in [4.78, 5) is 18.3. The second-order valence-corrected chi connectivity index (χ2v) is 5.88. The van der Waals surface area contributed by atoms with E-state index in [0.717, 1.165) is 18.4 Å². The number of carboxylic acid groups (broad SMARTS) is 2. The Balaban J connectivity index is 0.000000567. The maximum atomic E-state index is 11.0. The zero-order valence-electron chi connectivity index (χ0n) is 11.4. The molecule has 0 fully saturated rings. The molecule has 1 rings (SSSR count). The average Bonchev–Trinajstić information content (AvgIpc) is 2.36. The maximum absolute atomic E-state index is 11.0. The van der Waals surface area contributed by atoms with Crippen molar-refractivity contribution in [1.29, 1.82) is 0 Å². The highest BCUT2D eigenvalue weighted by Gasteiger charge is 2.06. The van der Waals surface area contributed by atoms with Gasteiger partial charge < -0.3 is 15.9 Å². The molecule has 8 nitrogen and oxygen atoms in total. The molecule has 0 saturated carbocycles. The highest BCUT2D eigenvalue weighted by Crippen LogP contribution is 2.10. The number of nitrogens with two attached hydrogens (primary N) is 2. The van der Waals surface area contributed by atoms with Crippen molar-refractivity contribution in [3.8, 4) is 0 Å². The molecule has 118 valence electrons. The Bertz CT molecular complexity index is 568. The summed E-state index contributed by atoms with van der Waals surface area (Å²) in [7, 11) is -3.58. The Hall–Kier alpha value is -1.97. The first-order valence-corrected chi connectivity index (χ1v) is 7.42. The standard InChI is InChI=1S/C10H16N2O2S.C2H2O4/c1-8(11)2-3-9-4-6-10(7-5-9)15(12,13)14;3-1(4)2(5)6/h4-8H,2-3,11H2,1H3,(H2,12,13,14);(H,3,4)(H,5,6)/t8-;/m0./s1. The van der Waals surface area contributed by atoms with Gasteiger partial charge in [-0.1, -0.05) is 12.1 Å². The number of hydrogen-bond donors (Lipinski definition) is 4. The summed E-state index contributed by atoms with van der Waals surface area (Å²) in [5.74, 6) is -3.65. The number of rotatable bonds is 4. The summed E-state index contributed by atoms with van der Waals surface area (Å²) >= 11 is 0. The molecule has 0 bridgehead atoms. The van der Waals surface area contributed by atoms with E-state index in [0.29, 0.717) is 0 Å². The number of carboxylic acids is 2. The van der Waals surface area contributed by atoms with E-state index in [2.05, 4.69) is 0 Å². The minimum absolute atomic E-state index is 0.145. The van der Waals surface area contributed by atoms with Gasteiger partial charge in [0.05, 0.1) is 4.90 Å². The molecule has 21 heavy (non-hydrogen) atoms. The van der Waals surface area contributed by atoms with E-state index < -0.39 is 22.0 Å². The second kappa shape index (κ2) is 8.35. The van der Waals surface area contributed by atoms with Gasteiger partial charge in [-0.25, -0.2) is 23.1 Å². The lowest BCUT2D eigenvalue weighted by Gasteiger charge is -2.05. The largest absolute Gasteiger partial charge is 0.473 e. The number of carbonyl (C=O) groups is 2. The Morgan fingerprint density at radius 3 is 1.86 bits per heavy atom. The molecule has 0 radical (unpaired) electrons. The Kier molecular flexibility index (Phi) is 7.56. The highest BCUT2D eigenvalue weighted by molar-refractivity contribution is 7.89. The molecule has 0 saturated heterocycles. The molecule has 9 heteroatoms. The molecule has 0 aliphatic rings. The third kappa shape index (κ3) is 8.74. The van der Waals surface area contributed by atoms with Gasteiger partial charge in [0.2, 0.25) is 10.0 Å². The molecular formula is C12H18N2O6S. The van der Waals surface area contributed by atoms with Gasteiger partial charge in [0.25, 0.3) is 0 Å². The quantitative estimate of drug-likeness (QED) is 0.557. The Labute approximate surface area is 122 Å². The van der Waals surface area contributed by atoms with Crippen LogP contribution in [0.2, 0.25) is 0 Å². The minimum Gasteiger partial charge on any atom is -0.473 e. The summed E-state index contributed by atoms with van der Waals surface area (Å²) in [5, 5.41) is 19.8. The predicted molar refractivity (Wildman–Crippen MR) is 75.1 cm³/mol. The van der Waals surface area contributed by atoms with Crippen LogP contribution in [0.15, 0.2) is 29.2 Å². The van der Waals surface area contributed by atoms with Gasteiger partial charge in [-0.3, -0.25) is 0 Å².